The second-order valence-corrected chi connectivity index (χ2v) is 5.79. The molecule has 0 atom stereocenters. The maximum atomic E-state index is 6.14. The number of pyridine rings is 1. The smallest absolute Gasteiger partial charge is 0.166 e. The molecule has 0 aliphatic carbocycles. The first-order valence-electron chi connectivity index (χ1n) is 8.47. The molecule has 0 spiro atoms. The number of furan rings is 1. The summed E-state index contributed by atoms with van der Waals surface area (Å²) in [5.74, 6) is 2.32. The summed E-state index contributed by atoms with van der Waals surface area (Å²) in [5, 5.41) is 0.680. The van der Waals surface area contributed by atoms with Crippen molar-refractivity contribution in [2.45, 2.75) is 6.92 Å². The Hall–Kier alpha value is -3.61. The lowest BCUT2D eigenvalue weighted by Crippen LogP contribution is -1.99. The maximum absolute atomic E-state index is 6.14. The van der Waals surface area contributed by atoms with Gasteiger partial charge >= 0.3 is 0 Å². The highest BCUT2D eigenvalue weighted by Gasteiger charge is 2.16. The van der Waals surface area contributed by atoms with Crippen LogP contribution in [0.3, 0.4) is 0 Å². The predicted molar refractivity (Wildman–Crippen MR) is 103 cm³/mol. The number of anilines is 1. The molecule has 0 fully saturated rings. The molecule has 0 saturated heterocycles. The highest BCUT2D eigenvalue weighted by Crippen LogP contribution is 2.38. The van der Waals surface area contributed by atoms with Crippen LogP contribution in [-0.2, 0) is 0 Å². The first-order chi connectivity index (χ1) is 13.2. The van der Waals surface area contributed by atoms with Crippen LogP contribution in [0.2, 0.25) is 0 Å². The van der Waals surface area contributed by atoms with Crippen LogP contribution in [0.1, 0.15) is 6.92 Å². The number of hydrogen-bond donors (Lipinski definition) is 1. The van der Waals surface area contributed by atoms with Gasteiger partial charge in [0.25, 0.3) is 0 Å². The number of aromatic nitrogens is 3. The lowest BCUT2D eigenvalue weighted by Gasteiger charge is -2.13. The summed E-state index contributed by atoms with van der Waals surface area (Å²) >= 11 is 0. The quantitative estimate of drug-likeness (QED) is 0.574. The van der Waals surface area contributed by atoms with E-state index in [0.29, 0.717) is 46.4 Å². The van der Waals surface area contributed by atoms with Gasteiger partial charge in [-0.1, -0.05) is 6.07 Å². The van der Waals surface area contributed by atoms with E-state index in [1.807, 2.05) is 43.3 Å². The Morgan fingerprint density at radius 2 is 2.00 bits per heavy atom. The fourth-order valence-corrected chi connectivity index (χ4v) is 2.98. The van der Waals surface area contributed by atoms with Gasteiger partial charge < -0.3 is 19.6 Å². The molecule has 27 heavy (non-hydrogen) atoms. The number of nitrogens with two attached hydrogens (primary N) is 1. The molecule has 7 nitrogen and oxygen atoms in total. The van der Waals surface area contributed by atoms with Gasteiger partial charge in [0.2, 0.25) is 0 Å². The fourth-order valence-electron chi connectivity index (χ4n) is 2.98. The third-order valence-electron chi connectivity index (χ3n) is 4.18. The highest BCUT2D eigenvalue weighted by atomic mass is 16.5. The molecule has 0 saturated carbocycles. The third kappa shape index (κ3) is 3.03. The number of rotatable bonds is 5. The molecule has 0 unspecified atom stereocenters. The van der Waals surface area contributed by atoms with E-state index in [9.17, 15) is 0 Å². The van der Waals surface area contributed by atoms with Crippen molar-refractivity contribution in [2.75, 3.05) is 19.5 Å². The standard InChI is InChI=1S/C20H18N4O3/c1-3-26-16-7-6-12(9-17(16)25-2)13-10-14(15-5-4-8-27-15)24-20-18(13)19(21)22-11-23-20/h4-11H,3H2,1-2H3,(H2,21,22,23,24). The normalized spacial score (nSPS) is 10.9. The van der Waals surface area contributed by atoms with Crippen LogP contribution in [-0.4, -0.2) is 28.7 Å². The van der Waals surface area contributed by atoms with Crippen LogP contribution in [0.15, 0.2) is 53.4 Å². The number of fused-ring (bicyclic) bond motifs is 1. The molecule has 4 aromatic rings. The molecule has 3 heterocycles. The summed E-state index contributed by atoms with van der Waals surface area (Å²) < 4.78 is 16.6. The van der Waals surface area contributed by atoms with Crippen molar-refractivity contribution in [1.82, 2.24) is 15.0 Å². The van der Waals surface area contributed by atoms with E-state index in [1.165, 1.54) is 6.33 Å². The van der Waals surface area contributed by atoms with Gasteiger partial charge in [0.15, 0.2) is 22.9 Å². The zero-order chi connectivity index (χ0) is 18.8. The molecule has 3 aromatic heterocycles. The topological polar surface area (TPSA) is 96.3 Å². The van der Waals surface area contributed by atoms with Gasteiger partial charge in [-0.25, -0.2) is 15.0 Å². The Morgan fingerprint density at radius 3 is 2.74 bits per heavy atom. The Kier molecular flexibility index (Phi) is 4.33. The van der Waals surface area contributed by atoms with Crippen LogP contribution >= 0.6 is 0 Å². The molecule has 1 aromatic carbocycles. The maximum Gasteiger partial charge on any atom is 0.166 e. The Balaban J connectivity index is 1.97. The molecule has 4 rings (SSSR count). The van der Waals surface area contributed by atoms with Gasteiger partial charge in [0.05, 0.1) is 25.4 Å². The Labute approximate surface area is 155 Å². The van der Waals surface area contributed by atoms with Gasteiger partial charge in [0.1, 0.15) is 17.8 Å². The summed E-state index contributed by atoms with van der Waals surface area (Å²) in [6, 6.07) is 11.3. The van der Waals surface area contributed by atoms with Crippen molar-refractivity contribution in [1.29, 1.82) is 0 Å². The molecular formula is C20H18N4O3. The van der Waals surface area contributed by atoms with Crippen LogP contribution in [0.5, 0.6) is 11.5 Å². The summed E-state index contributed by atoms with van der Waals surface area (Å²) in [7, 11) is 1.61. The number of benzene rings is 1. The number of hydrogen-bond acceptors (Lipinski definition) is 7. The van der Waals surface area contributed by atoms with Crippen molar-refractivity contribution in [2.24, 2.45) is 0 Å². The van der Waals surface area contributed by atoms with E-state index in [2.05, 4.69) is 15.0 Å². The van der Waals surface area contributed by atoms with E-state index in [-0.39, 0.29) is 0 Å². The van der Waals surface area contributed by atoms with Crippen LogP contribution < -0.4 is 15.2 Å². The molecule has 7 heteroatoms. The van der Waals surface area contributed by atoms with Crippen LogP contribution in [0, 0.1) is 0 Å². The molecular weight excluding hydrogens is 344 g/mol. The van der Waals surface area contributed by atoms with Crippen molar-refractivity contribution < 1.29 is 13.9 Å². The van der Waals surface area contributed by atoms with Gasteiger partial charge in [-0.2, -0.15) is 0 Å². The number of nitrogens with zero attached hydrogens (tertiary/aromatic N) is 3. The fraction of sp³-hybridized carbons (Fsp3) is 0.150. The number of nitrogen functional groups attached to an aromatic ring is 1. The summed E-state index contributed by atoms with van der Waals surface area (Å²) in [4.78, 5) is 13.0. The second kappa shape index (κ2) is 6.95. The molecule has 136 valence electrons. The molecule has 2 N–H and O–H groups in total. The molecule has 0 aliphatic rings. The van der Waals surface area contributed by atoms with Gasteiger partial charge in [0, 0.05) is 0 Å². The molecule has 0 aliphatic heterocycles. The van der Waals surface area contributed by atoms with E-state index >= 15 is 0 Å². The first-order valence-corrected chi connectivity index (χ1v) is 8.47. The number of methoxy groups -OCH3 is 1. The van der Waals surface area contributed by atoms with Crippen LogP contribution in [0.4, 0.5) is 5.82 Å². The minimum absolute atomic E-state index is 0.362. The molecule has 0 bridgehead atoms. The molecule has 0 amide bonds. The minimum atomic E-state index is 0.362. The Morgan fingerprint density at radius 1 is 1.11 bits per heavy atom. The summed E-state index contributed by atoms with van der Waals surface area (Å²) in [6.45, 7) is 2.48. The lowest BCUT2D eigenvalue weighted by atomic mass is 10.0. The first kappa shape index (κ1) is 16.8. The third-order valence-corrected chi connectivity index (χ3v) is 4.18. The summed E-state index contributed by atoms with van der Waals surface area (Å²) in [5.41, 5.74) is 9.03. The van der Waals surface area contributed by atoms with Gasteiger partial charge in [-0.15, -0.1) is 0 Å². The highest BCUT2D eigenvalue weighted by molar-refractivity contribution is 6.01. The SMILES string of the molecule is CCOc1ccc(-c2cc(-c3ccco3)nc3ncnc(N)c23)cc1OC. The minimum Gasteiger partial charge on any atom is -0.493 e. The monoisotopic (exact) mass is 362 g/mol. The van der Waals surface area contributed by atoms with Crippen molar-refractivity contribution >= 4 is 16.9 Å². The number of ether oxygens (including phenoxy) is 2. The van der Waals surface area contributed by atoms with E-state index in [0.717, 1.165) is 11.1 Å². The average molecular weight is 362 g/mol. The van der Waals surface area contributed by atoms with Gasteiger partial charge in [-0.3, -0.25) is 0 Å². The lowest BCUT2D eigenvalue weighted by molar-refractivity contribution is 0.311. The van der Waals surface area contributed by atoms with Crippen molar-refractivity contribution in [3.63, 3.8) is 0 Å². The zero-order valence-electron chi connectivity index (χ0n) is 15.0. The average Bonchev–Trinajstić information content (AvgIpc) is 3.23. The predicted octanol–water partition coefficient (Wildman–Crippen LogP) is 3.94. The van der Waals surface area contributed by atoms with Crippen molar-refractivity contribution in [3.05, 3.63) is 49.0 Å². The second-order valence-electron chi connectivity index (χ2n) is 5.79. The molecule has 0 radical (unpaired) electrons. The van der Waals surface area contributed by atoms with Crippen LogP contribution in [0.25, 0.3) is 33.6 Å². The largest absolute Gasteiger partial charge is 0.493 e. The van der Waals surface area contributed by atoms with E-state index < -0.39 is 0 Å². The summed E-state index contributed by atoms with van der Waals surface area (Å²) in [6.07, 6.45) is 3.01. The zero-order valence-corrected chi connectivity index (χ0v) is 15.0. The Bertz CT molecular complexity index is 1090. The van der Waals surface area contributed by atoms with Crippen molar-refractivity contribution in [3.8, 4) is 34.1 Å². The van der Waals surface area contributed by atoms with E-state index in [1.54, 1.807) is 13.4 Å². The van der Waals surface area contributed by atoms with Gasteiger partial charge in [-0.05, 0) is 48.4 Å². The van der Waals surface area contributed by atoms with E-state index in [4.69, 9.17) is 19.6 Å².